The van der Waals surface area contributed by atoms with Crippen LogP contribution in [0.2, 0.25) is 0 Å². The molecule has 0 saturated carbocycles. The van der Waals surface area contributed by atoms with E-state index in [9.17, 15) is 0 Å². The molecule has 0 unspecified atom stereocenters. The van der Waals surface area contributed by atoms with E-state index in [1.54, 1.807) is 0 Å². The number of fused-ring (bicyclic) bond motifs is 15. The molecule has 76 heavy (non-hydrogen) atoms. The van der Waals surface area contributed by atoms with E-state index in [0.717, 1.165) is 106 Å². The second kappa shape index (κ2) is 17.8. The Morgan fingerprint density at radius 1 is 0.487 bits per heavy atom. The van der Waals surface area contributed by atoms with Crippen molar-refractivity contribution in [3.63, 3.8) is 0 Å². The van der Waals surface area contributed by atoms with Crippen molar-refractivity contribution in [1.29, 1.82) is 0 Å². The van der Waals surface area contributed by atoms with Gasteiger partial charge < -0.3 is 24.3 Å². The number of anilines is 4. The van der Waals surface area contributed by atoms with Crippen LogP contribution in [0.4, 0.5) is 28.6 Å². The molecule has 0 amide bonds. The molecule has 3 aliphatic rings. The summed E-state index contributed by atoms with van der Waals surface area (Å²) in [5, 5.41) is 13.5. The van der Waals surface area contributed by atoms with Crippen molar-refractivity contribution >= 4 is 83.4 Å². The van der Waals surface area contributed by atoms with E-state index in [1.165, 1.54) is 27.3 Å². The maximum absolute atomic E-state index is 7.02. The summed E-state index contributed by atoms with van der Waals surface area (Å²) in [6, 6.07) is 82.2. The number of rotatable bonds is 5. The van der Waals surface area contributed by atoms with Gasteiger partial charge in [0.15, 0.2) is 0 Å². The Bertz CT molecular complexity index is 4360. The number of para-hydroxylation sites is 3. The molecule has 2 aromatic heterocycles. The third kappa shape index (κ3) is 7.10. The summed E-state index contributed by atoms with van der Waals surface area (Å²) in [7, 11) is 0. The second-order valence-corrected chi connectivity index (χ2v) is 20.9. The number of benzene rings is 10. The van der Waals surface area contributed by atoms with E-state index in [4.69, 9.17) is 10.1 Å². The summed E-state index contributed by atoms with van der Waals surface area (Å²) in [6.07, 6.45) is 4.43. The molecule has 15 rings (SSSR count). The predicted octanol–water partition coefficient (Wildman–Crippen LogP) is 19.2. The number of aromatic nitrogens is 1. The van der Waals surface area contributed by atoms with Gasteiger partial charge in [0, 0.05) is 45.3 Å². The van der Waals surface area contributed by atoms with Gasteiger partial charge in [-0.25, -0.2) is 0 Å². The van der Waals surface area contributed by atoms with Crippen molar-refractivity contribution in [3.05, 3.63) is 248 Å². The fourth-order valence-corrected chi connectivity index (χ4v) is 12.0. The molecule has 12 aromatic rings. The minimum absolute atomic E-state index is 0. The van der Waals surface area contributed by atoms with Gasteiger partial charge in [-0.3, -0.25) is 0 Å². The summed E-state index contributed by atoms with van der Waals surface area (Å²) in [5.41, 5.74) is 17.7. The van der Waals surface area contributed by atoms with E-state index < -0.39 is 0 Å². The van der Waals surface area contributed by atoms with Gasteiger partial charge in [0.2, 0.25) is 0 Å². The standard InChI is InChI=1S/C70H48N4O.Pt/c1-70(2,3)46-33-36-55-61-31-17-39-71-69(61)74-65-42-48(35-38-57(65)60-29-15-28-58(67(60)74)53-24-12-13-25-54(53)62(55)40-46)75-47-34-37-56-51-22-10-11-23-52(51)59-30-16-32-63-68(59)73(64(56)41-47)43-72(63)66-49(44-18-6-4-7-19-44)26-14-27-50(66)45-20-8-5-9-21-45;/h4-38,40,43H,39H2,1-3H3;/q-4;+4. The molecule has 0 bridgehead atoms. The van der Waals surface area contributed by atoms with Gasteiger partial charge in [0.1, 0.15) is 0 Å². The molecule has 6 heteroatoms. The third-order valence-electron chi connectivity index (χ3n) is 15.5. The summed E-state index contributed by atoms with van der Waals surface area (Å²) in [5.74, 6) is 2.09. The predicted molar refractivity (Wildman–Crippen MR) is 313 cm³/mol. The third-order valence-corrected chi connectivity index (χ3v) is 15.5. The average Bonchev–Trinajstić information content (AvgIpc) is 4.16. The zero-order chi connectivity index (χ0) is 49.9. The second-order valence-electron chi connectivity index (χ2n) is 20.9. The molecule has 0 fully saturated rings. The monoisotopic (exact) mass is 1160 g/mol. The number of hydrogen-bond donors (Lipinski definition) is 0. The summed E-state index contributed by atoms with van der Waals surface area (Å²) < 4.78 is 9.37. The first-order valence-corrected chi connectivity index (χ1v) is 25.8. The molecule has 0 atom stereocenters. The summed E-state index contributed by atoms with van der Waals surface area (Å²) in [6.45, 7) is 9.69. The van der Waals surface area contributed by atoms with E-state index in [0.29, 0.717) is 18.0 Å². The SMILES string of the molecule is CC(C)(C)c1ccc2c3c(n4c5[c-]c(Oc6[c-]c7c(cc6)-c6ccccc6-c6cccc8c6N7[CH-]N8c6c(-c7ccccc7)cccc6-c6ccccc6)ccc5c5cccc(c6ccccc6c2c1)c54)[N-]CC=C3.[Pt+4]. The fourth-order valence-electron chi connectivity index (χ4n) is 12.0. The van der Waals surface area contributed by atoms with Crippen LogP contribution in [0, 0.1) is 18.8 Å². The van der Waals surface area contributed by atoms with Crippen molar-refractivity contribution in [1.82, 2.24) is 4.40 Å². The zero-order valence-corrected chi connectivity index (χ0v) is 44.4. The summed E-state index contributed by atoms with van der Waals surface area (Å²) >= 11 is 0. The van der Waals surface area contributed by atoms with Crippen LogP contribution in [0.1, 0.15) is 31.9 Å². The molecule has 0 aliphatic carbocycles. The van der Waals surface area contributed by atoms with Gasteiger partial charge in [0.25, 0.3) is 0 Å². The van der Waals surface area contributed by atoms with Crippen LogP contribution < -0.4 is 14.5 Å². The molecule has 0 radical (unpaired) electrons. The smallest absolute Gasteiger partial charge is 0.509 e. The van der Waals surface area contributed by atoms with Crippen LogP contribution in [0.3, 0.4) is 0 Å². The molecule has 0 saturated heterocycles. The maximum atomic E-state index is 7.02. The number of hydrogen-bond acceptors (Lipinski definition) is 3. The minimum atomic E-state index is -0.0275. The first-order chi connectivity index (χ1) is 36.9. The van der Waals surface area contributed by atoms with E-state index in [1.807, 2.05) is 12.1 Å². The Labute approximate surface area is 456 Å². The van der Waals surface area contributed by atoms with Gasteiger partial charge >= 0.3 is 21.1 Å². The largest absolute Gasteiger partial charge is 4.00 e. The van der Waals surface area contributed by atoms with Crippen molar-refractivity contribution in [2.75, 3.05) is 16.3 Å². The average molecular weight is 1160 g/mol. The molecule has 5 heterocycles. The van der Waals surface area contributed by atoms with Gasteiger partial charge in [-0.2, -0.15) is 12.1 Å². The Hall–Kier alpha value is -8.63. The maximum Gasteiger partial charge on any atom is 4.00 e. The van der Waals surface area contributed by atoms with Crippen LogP contribution in [-0.2, 0) is 26.5 Å². The van der Waals surface area contributed by atoms with E-state index in [2.05, 4.69) is 260 Å². The molecule has 3 aliphatic heterocycles. The quantitative estimate of drug-likeness (QED) is 0.161. The molecular formula is C70H48N4OPt. The van der Waals surface area contributed by atoms with Crippen LogP contribution in [-0.4, -0.2) is 10.9 Å². The van der Waals surface area contributed by atoms with Gasteiger partial charge in [0.05, 0.1) is 0 Å². The van der Waals surface area contributed by atoms with Gasteiger partial charge in [-0.05, 0) is 84.4 Å². The van der Waals surface area contributed by atoms with Crippen molar-refractivity contribution < 1.29 is 25.8 Å². The van der Waals surface area contributed by atoms with Gasteiger partial charge in [-0.15, -0.1) is 47.4 Å². The first kappa shape index (κ1) is 45.9. The van der Waals surface area contributed by atoms with Crippen molar-refractivity contribution in [3.8, 4) is 56.0 Å². The van der Waals surface area contributed by atoms with Crippen LogP contribution in [0.5, 0.6) is 11.5 Å². The minimum Gasteiger partial charge on any atom is -0.509 e. The van der Waals surface area contributed by atoms with Crippen LogP contribution in [0.25, 0.3) is 105 Å². The van der Waals surface area contributed by atoms with Crippen molar-refractivity contribution in [2.24, 2.45) is 0 Å². The van der Waals surface area contributed by atoms with Crippen molar-refractivity contribution in [2.45, 2.75) is 26.2 Å². The molecule has 10 aromatic carbocycles. The Morgan fingerprint density at radius 3 is 1.80 bits per heavy atom. The Balaban J connectivity index is 0.00000528. The molecule has 0 N–H and O–H groups in total. The topological polar surface area (TPSA) is 34.2 Å². The van der Waals surface area contributed by atoms with E-state index >= 15 is 0 Å². The fraction of sp³-hybridized carbons (Fsp3) is 0.0714. The number of ether oxygens (including phenoxy) is 1. The van der Waals surface area contributed by atoms with E-state index in [-0.39, 0.29) is 26.5 Å². The molecule has 5 nitrogen and oxygen atoms in total. The summed E-state index contributed by atoms with van der Waals surface area (Å²) in [4.78, 5) is 4.70. The number of nitrogens with zero attached hydrogens (tertiary/aromatic N) is 4. The normalized spacial score (nSPS) is 13.2. The molecule has 364 valence electrons. The molecular weight excluding hydrogens is 1110 g/mol. The Morgan fingerprint density at radius 2 is 1.07 bits per heavy atom. The molecule has 0 spiro atoms. The first-order valence-electron chi connectivity index (χ1n) is 25.8. The van der Waals surface area contributed by atoms with Crippen LogP contribution >= 0.6 is 0 Å². The van der Waals surface area contributed by atoms with Crippen LogP contribution in [0.15, 0.2) is 212 Å². The zero-order valence-electron chi connectivity index (χ0n) is 42.1. The Kier molecular flexibility index (Phi) is 10.7. The van der Waals surface area contributed by atoms with Gasteiger partial charge in [-0.1, -0.05) is 225 Å².